The number of amides is 2. The van der Waals surface area contributed by atoms with E-state index in [0.29, 0.717) is 33.8 Å². The van der Waals surface area contributed by atoms with Crippen molar-refractivity contribution in [3.8, 4) is 5.75 Å². The van der Waals surface area contributed by atoms with Gasteiger partial charge in [0.25, 0.3) is 11.8 Å². The largest absolute Gasteiger partial charge is 0.482 e. The summed E-state index contributed by atoms with van der Waals surface area (Å²) in [6, 6.07) is 21.1. The first-order valence-corrected chi connectivity index (χ1v) is 8.88. The van der Waals surface area contributed by atoms with Crippen LogP contribution in [0.2, 0.25) is 0 Å². The van der Waals surface area contributed by atoms with Gasteiger partial charge in [0.05, 0.1) is 5.69 Å². The first-order valence-electron chi connectivity index (χ1n) is 8.88. The zero-order chi connectivity index (χ0) is 19.3. The van der Waals surface area contributed by atoms with Crippen molar-refractivity contribution in [3.05, 3.63) is 89.5 Å². The second-order valence-electron chi connectivity index (χ2n) is 6.74. The SMILES string of the molecule is O=C1COc2ccc(C3(O)c4ccccc4C(=O)N3c3ccccc3)cc2N1. The Bertz CT molecular complexity index is 1110. The zero-order valence-electron chi connectivity index (χ0n) is 14.8. The molecule has 2 N–H and O–H groups in total. The van der Waals surface area contributed by atoms with E-state index in [1.54, 1.807) is 54.6 Å². The first kappa shape index (κ1) is 16.5. The average molecular weight is 372 g/mol. The molecule has 138 valence electrons. The molecule has 0 saturated carbocycles. The quantitative estimate of drug-likeness (QED) is 0.725. The van der Waals surface area contributed by atoms with E-state index in [0.717, 1.165) is 0 Å². The number of rotatable bonds is 2. The van der Waals surface area contributed by atoms with Crippen LogP contribution in [0.1, 0.15) is 21.5 Å². The maximum atomic E-state index is 13.2. The van der Waals surface area contributed by atoms with Crippen molar-refractivity contribution >= 4 is 23.2 Å². The van der Waals surface area contributed by atoms with Crippen LogP contribution in [-0.4, -0.2) is 23.5 Å². The number of ether oxygens (including phenoxy) is 1. The maximum absolute atomic E-state index is 13.2. The molecule has 0 radical (unpaired) electrons. The van der Waals surface area contributed by atoms with Gasteiger partial charge in [-0.15, -0.1) is 0 Å². The highest BCUT2D eigenvalue weighted by Gasteiger charge is 2.50. The van der Waals surface area contributed by atoms with Crippen LogP contribution in [0.3, 0.4) is 0 Å². The number of hydrogen-bond acceptors (Lipinski definition) is 4. The molecule has 1 unspecified atom stereocenters. The number of fused-ring (bicyclic) bond motifs is 2. The molecule has 0 bridgehead atoms. The molecule has 1 atom stereocenters. The molecule has 2 aliphatic heterocycles. The summed E-state index contributed by atoms with van der Waals surface area (Å²) in [4.78, 5) is 26.3. The highest BCUT2D eigenvalue weighted by atomic mass is 16.5. The first-order chi connectivity index (χ1) is 13.6. The van der Waals surface area contributed by atoms with E-state index in [9.17, 15) is 14.7 Å². The third-order valence-corrected chi connectivity index (χ3v) is 5.09. The Morgan fingerprint density at radius 2 is 1.71 bits per heavy atom. The lowest BCUT2D eigenvalue weighted by Gasteiger charge is -2.35. The van der Waals surface area contributed by atoms with Crippen molar-refractivity contribution in [1.29, 1.82) is 0 Å². The van der Waals surface area contributed by atoms with Crippen LogP contribution in [0.4, 0.5) is 11.4 Å². The molecule has 5 rings (SSSR count). The van der Waals surface area contributed by atoms with Crippen molar-refractivity contribution in [2.24, 2.45) is 0 Å². The molecule has 0 aliphatic carbocycles. The minimum absolute atomic E-state index is 0.0475. The highest BCUT2D eigenvalue weighted by Crippen LogP contribution is 2.46. The number of nitrogens with one attached hydrogen (secondary N) is 1. The van der Waals surface area contributed by atoms with Gasteiger partial charge in [-0.3, -0.25) is 14.5 Å². The number of carbonyl (C=O) groups excluding carboxylic acids is 2. The summed E-state index contributed by atoms with van der Waals surface area (Å²) in [6.07, 6.45) is 0. The molecule has 3 aromatic carbocycles. The van der Waals surface area contributed by atoms with Crippen LogP contribution in [0.5, 0.6) is 5.75 Å². The average Bonchev–Trinajstić information content (AvgIpc) is 2.96. The van der Waals surface area contributed by atoms with E-state index in [2.05, 4.69) is 5.32 Å². The minimum atomic E-state index is -1.72. The Hall–Kier alpha value is -3.64. The number of carbonyl (C=O) groups is 2. The molecule has 2 amide bonds. The van der Waals surface area contributed by atoms with E-state index >= 15 is 0 Å². The summed E-state index contributed by atoms with van der Waals surface area (Å²) < 4.78 is 5.41. The van der Waals surface area contributed by atoms with Crippen LogP contribution in [-0.2, 0) is 10.5 Å². The predicted molar refractivity (Wildman–Crippen MR) is 103 cm³/mol. The van der Waals surface area contributed by atoms with Gasteiger partial charge in [-0.05, 0) is 36.4 Å². The Kier molecular flexibility index (Phi) is 3.50. The molecule has 28 heavy (non-hydrogen) atoms. The van der Waals surface area contributed by atoms with Crippen LogP contribution in [0.25, 0.3) is 0 Å². The van der Waals surface area contributed by atoms with Crippen molar-refractivity contribution in [3.63, 3.8) is 0 Å². The van der Waals surface area contributed by atoms with E-state index in [4.69, 9.17) is 4.74 Å². The third kappa shape index (κ3) is 2.25. The van der Waals surface area contributed by atoms with E-state index in [1.165, 1.54) is 4.90 Å². The second kappa shape index (κ2) is 5.94. The zero-order valence-corrected chi connectivity index (χ0v) is 14.8. The summed E-state index contributed by atoms with van der Waals surface area (Å²) >= 11 is 0. The third-order valence-electron chi connectivity index (χ3n) is 5.09. The normalized spacial score (nSPS) is 20.2. The Labute approximate surface area is 161 Å². The fourth-order valence-electron chi connectivity index (χ4n) is 3.83. The second-order valence-corrected chi connectivity index (χ2v) is 6.74. The predicted octanol–water partition coefficient (Wildman–Crippen LogP) is 2.87. The van der Waals surface area contributed by atoms with Crippen LogP contribution >= 0.6 is 0 Å². The molecule has 0 saturated heterocycles. The fourth-order valence-corrected chi connectivity index (χ4v) is 3.83. The molecular formula is C22H16N2O4. The number of aliphatic hydroxyl groups is 1. The molecule has 6 heteroatoms. The van der Waals surface area contributed by atoms with Crippen molar-refractivity contribution in [2.75, 3.05) is 16.8 Å². The van der Waals surface area contributed by atoms with Gasteiger partial charge in [-0.1, -0.05) is 36.4 Å². The molecule has 0 aromatic heterocycles. The van der Waals surface area contributed by atoms with E-state index in [1.807, 2.05) is 18.2 Å². The number of nitrogens with zero attached hydrogens (tertiary/aromatic N) is 1. The lowest BCUT2D eigenvalue weighted by Crippen LogP contribution is -2.45. The van der Waals surface area contributed by atoms with Gasteiger partial charge in [0.1, 0.15) is 5.75 Å². The fraction of sp³-hybridized carbons (Fsp3) is 0.0909. The smallest absolute Gasteiger partial charge is 0.262 e. The van der Waals surface area contributed by atoms with E-state index in [-0.39, 0.29) is 18.4 Å². The van der Waals surface area contributed by atoms with Crippen LogP contribution in [0, 0.1) is 0 Å². The lowest BCUT2D eigenvalue weighted by molar-refractivity contribution is -0.118. The van der Waals surface area contributed by atoms with Gasteiger partial charge < -0.3 is 15.2 Å². The van der Waals surface area contributed by atoms with Gasteiger partial charge >= 0.3 is 0 Å². The molecule has 2 heterocycles. The van der Waals surface area contributed by atoms with E-state index < -0.39 is 5.72 Å². The van der Waals surface area contributed by atoms with Crippen molar-refractivity contribution < 1.29 is 19.4 Å². The van der Waals surface area contributed by atoms with Gasteiger partial charge in [0.15, 0.2) is 12.3 Å². The summed E-state index contributed by atoms with van der Waals surface area (Å²) in [6.45, 7) is -0.0475. The maximum Gasteiger partial charge on any atom is 0.262 e. The molecule has 0 fully saturated rings. The van der Waals surface area contributed by atoms with Crippen molar-refractivity contribution in [1.82, 2.24) is 0 Å². The van der Waals surface area contributed by atoms with Gasteiger partial charge in [-0.25, -0.2) is 0 Å². The molecule has 2 aliphatic rings. The van der Waals surface area contributed by atoms with Crippen molar-refractivity contribution in [2.45, 2.75) is 5.72 Å². The summed E-state index contributed by atoms with van der Waals surface area (Å²) in [5.41, 5.74) is 0.709. The Balaban J connectivity index is 1.73. The highest BCUT2D eigenvalue weighted by molar-refractivity contribution is 6.12. The van der Waals surface area contributed by atoms with Gasteiger partial charge in [-0.2, -0.15) is 0 Å². The standard InChI is InChI=1S/C22H16N2O4/c25-20-13-28-19-11-10-14(12-18(19)23-20)22(27)17-9-5-4-8-16(17)21(26)24(22)15-6-2-1-3-7-15/h1-12,27H,13H2,(H,23,25). The Morgan fingerprint density at radius 3 is 2.54 bits per heavy atom. The van der Waals surface area contributed by atoms with Crippen LogP contribution in [0.15, 0.2) is 72.8 Å². The number of benzene rings is 3. The Morgan fingerprint density at radius 1 is 0.964 bits per heavy atom. The number of anilines is 2. The van der Waals surface area contributed by atoms with Crippen LogP contribution < -0.4 is 15.0 Å². The molecule has 6 nitrogen and oxygen atoms in total. The minimum Gasteiger partial charge on any atom is -0.482 e. The number of hydrogen-bond donors (Lipinski definition) is 2. The van der Waals surface area contributed by atoms with Gasteiger partial charge in [0, 0.05) is 22.4 Å². The summed E-state index contributed by atoms with van der Waals surface area (Å²) in [5, 5.41) is 14.7. The summed E-state index contributed by atoms with van der Waals surface area (Å²) in [7, 11) is 0. The molecule has 3 aromatic rings. The topological polar surface area (TPSA) is 78.9 Å². The lowest BCUT2D eigenvalue weighted by atomic mass is 9.93. The monoisotopic (exact) mass is 372 g/mol. The van der Waals surface area contributed by atoms with Gasteiger partial charge in [0.2, 0.25) is 0 Å². The summed E-state index contributed by atoms with van der Waals surface area (Å²) in [5.74, 6) is -0.0300. The molecular weight excluding hydrogens is 356 g/mol. The number of para-hydroxylation sites is 1. The molecule has 0 spiro atoms.